The zero-order valence-electron chi connectivity index (χ0n) is 14.7. The van der Waals surface area contributed by atoms with E-state index in [1.807, 2.05) is 13.8 Å². The van der Waals surface area contributed by atoms with Crippen LogP contribution in [0.2, 0.25) is 0 Å². The van der Waals surface area contributed by atoms with Crippen molar-refractivity contribution in [3.63, 3.8) is 0 Å². The molecule has 2 saturated carbocycles. The van der Waals surface area contributed by atoms with E-state index in [-0.39, 0.29) is 16.9 Å². The first-order chi connectivity index (χ1) is 10.1. The molecule has 0 aromatic heterocycles. The number of carbonyl (C=O) groups excluding carboxylic acids is 1. The van der Waals surface area contributed by atoms with E-state index >= 15 is 0 Å². The van der Waals surface area contributed by atoms with Gasteiger partial charge >= 0.3 is 0 Å². The van der Waals surface area contributed by atoms with Crippen molar-refractivity contribution >= 4 is 5.78 Å². The molecule has 2 aliphatic carbocycles. The summed E-state index contributed by atoms with van der Waals surface area (Å²) in [6.07, 6.45) is 7.00. The van der Waals surface area contributed by atoms with E-state index in [1.165, 1.54) is 6.42 Å². The highest BCUT2D eigenvalue weighted by molar-refractivity contribution is 5.83. The van der Waals surface area contributed by atoms with E-state index in [0.717, 1.165) is 45.1 Å². The maximum atomic E-state index is 12.3. The molecule has 0 amide bonds. The smallest absolute Gasteiger partial charge is 0.136 e. The fourth-order valence-electron chi connectivity index (χ4n) is 6.01. The summed E-state index contributed by atoms with van der Waals surface area (Å²) in [5.41, 5.74) is -0.604. The summed E-state index contributed by atoms with van der Waals surface area (Å²) in [5.74, 6) is 1.68. The molecule has 0 aromatic carbocycles. The first kappa shape index (κ1) is 16.4. The molecule has 0 aromatic rings. The fourth-order valence-corrected chi connectivity index (χ4v) is 6.01. The second kappa shape index (κ2) is 5.31. The number of aliphatic hydroxyl groups is 1. The van der Waals surface area contributed by atoms with Crippen molar-refractivity contribution in [3.8, 4) is 0 Å². The third-order valence-electron chi connectivity index (χ3n) is 6.73. The Kier molecular flexibility index (Phi) is 3.97. The number of hydrogen-bond acceptors (Lipinski definition) is 3. The molecule has 0 radical (unpaired) electrons. The van der Waals surface area contributed by atoms with Gasteiger partial charge in [0.05, 0.1) is 17.8 Å². The number of ether oxygens (including phenoxy) is 1. The Hall–Kier alpha value is -0.410. The second-order valence-electron chi connectivity index (χ2n) is 9.22. The van der Waals surface area contributed by atoms with E-state index in [1.54, 1.807) is 0 Å². The van der Waals surface area contributed by atoms with E-state index in [9.17, 15) is 9.90 Å². The van der Waals surface area contributed by atoms with Crippen LogP contribution < -0.4 is 0 Å². The summed E-state index contributed by atoms with van der Waals surface area (Å²) in [6, 6.07) is 0. The third-order valence-corrected chi connectivity index (χ3v) is 6.73. The predicted molar refractivity (Wildman–Crippen MR) is 86.6 cm³/mol. The summed E-state index contributed by atoms with van der Waals surface area (Å²) >= 11 is 0. The molecule has 22 heavy (non-hydrogen) atoms. The Balaban J connectivity index is 1.75. The Morgan fingerprint density at radius 1 is 1.32 bits per heavy atom. The zero-order chi connectivity index (χ0) is 16.2. The summed E-state index contributed by atoms with van der Waals surface area (Å²) in [5, 5.41) is 10.1. The molecule has 1 heterocycles. The molecule has 3 fully saturated rings. The van der Waals surface area contributed by atoms with Crippen molar-refractivity contribution in [2.24, 2.45) is 23.2 Å². The summed E-state index contributed by atoms with van der Waals surface area (Å²) in [4.78, 5) is 12.3. The first-order valence-corrected chi connectivity index (χ1v) is 9.03. The van der Waals surface area contributed by atoms with Gasteiger partial charge in [-0.25, -0.2) is 0 Å². The van der Waals surface area contributed by atoms with E-state index < -0.39 is 5.60 Å². The molecule has 3 rings (SSSR count). The van der Waals surface area contributed by atoms with Crippen molar-refractivity contribution in [1.29, 1.82) is 0 Å². The number of carbonyl (C=O) groups is 1. The summed E-state index contributed by atoms with van der Waals surface area (Å²) < 4.78 is 6.31. The average molecular weight is 308 g/mol. The molecular formula is C19H32O3. The molecule has 0 spiro atoms. The average Bonchev–Trinajstić information content (AvgIpc) is 2.90. The van der Waals surface area contributed by atoms with Crippen LogP contribution in [-0.2, 0) is 9.53 Å². The third kappa shape index (κ3) is 2.75. The molecule has 1 aliphatic heterocycles. The van der Waals surface area contributed by atoms with Gasteiger partial charge in [0.1, 0.15) is 5.78 Å². The molecule has 0 bridgehead atoms. The minimum Gasteiger partial charge on any atom is -0.390 e. The topological polar surface area (TPSA) is 46.5 Å². The maximum absolute atomic E-state index is 12.3. The molecule has 2 unspecified atom stereocenters. The van der Waals surface area contributed by atoms with E-state index in [2.05, 4.69) is 13.8 Å². The number of Topliss-reactive ketones (excluding diaryl/α,β-unsaturated/α-hetero) is 1. The van der Waals surface area contributed by atoms with Crippen LogP contribution in [0.25, 0.3) is 0 Å². The van der Waals surface area contributed by atoms with Gasteiger partial charge < -0.3 is 9.84 Å². The van der Waals surface area contributed by atoms with Gasteiger partial charge in [-0.15, -0.1) is 0 Å². The van der Waals surface area contributed by atoms with Crippen LogP contribution in [0.5, 0.6) is 0 Å². The Bertz CT molecular complexity index is 452. The standard InChI is InChI=1S/C19H32O3/c1-17(2,21)10-13-11-19(4,22-12-13)16-8-7-14-15(20)6-5-9-18(14,16)3/h13-14,16,21H,5-12H2,1-4H3/t13-,14?,16?,18+,19+/m1/s1. The molecule has 3 aliphatic rings. The van der Waals surface area contributed by atoms with Crippen LogP contribution in [0.1, 0.15) is 72.6 Å². The van der Waals surface area contributed by atoms with E-state index in [0.29, 0.717) is 17.6 Å². The van der Waals surface area contributed by atoms with Gasteiger partial charge in [-0.1, -0.05) is 6.92 Å². The van der Waals surface area contributed by atoms with Crippen molar-refractivity contribution < 1.29 is 14.6 Å². The molecule has 3 heteroatoms. The monoisotopic (exact) mass is 308 g/mol. The van der Waals surface area contributed by atoms with Crippen LogP contribution in [0.15, 0.2) is 0 Å². The number of rotatable bonds is 3. The molecule has 5 atom stereocenters. The molecule has 126 valence electrons. The zero-order valence-corrected chi connectivity index (χ0v) is 14.7. The lowest BCUT2D eigenvalue weighted by molar-refractivity contribution is -0.134. The number of ketones is 1. The molecule has 3 nitrogen and oxygen atoms in total. The highest BCUT2D eigenvalue weighted by Crippen LogP contribution is 2.60. The van der Waals surface area contributed by atoms with Gasteiger partial charge in [0.2, 0.25) is 0 Å². The maximum Gasteiger partial charge on any atom is 0.136 e. The fraction of sp³-hybridized carbons (Fsp3) is 0.947. The number of fused-ring (bicyclic) bond motifs is 1. The van der Waals surface area contributed by atoms with Crippen LogP contribution >= 0.6 is 0 Å². The summed E-state index contributed by atoms with van der Waals surface area (Å²) in [7, 11) is 0. The van der Waals surface area contributed by atoms with Crippen molar-refractivity contribution in [1.82, 2.24) is 0 Å². The second-order valence-corrected chi connectivity index (χ2v) is 9.22. The number of hydrogen-bond donors (Lipinski definition) is 1. The minimum atomic E-state index is -0.623. The lowest BCUT2D eigenvalue weighted by Crippen LogP contribution is -2.46. The Morgan fingerprint density at radius 3 is 2.73 bits per heavy atom. The first-order valence-electron chi connectivity index (χ1n) is 9.03. The quantitative estimate of drug-likeness (QED) is 0.864. The van der Waals surface area contributed by atoms with Gasteiger partial charge in [0.15, 0.2) is 0 Å². The van der Waals surface area contributed by atoms with Crippen molar-refractivity contribution in [2.45, 2.75) is 83.8 Å². The van der Waals surface area contributed by atoms with Gasteiger partial charge in [0, 0.05) is 12.3 Å². The van der Waals surface area contributed by atoms with Crippen LogP contribution in [0.4, 0.5) is 0 Å². The Labute approximate surface area is 134 Å². The van der Waals surface area contributed by atoms with Gasteiger partial charge in [-0.05, 0) is 76.5 Å². The summed E-state index contributed by atoms with van der Waals surface area (Å²) in [6.45, 7) is 9.12. The molecule has 1 saturated heterocycles. The van der Waals surface area contributed by atoms with Crippen LogP contribution in [0, 0.1) is 23.2 Å². The molecule has 1 N–H and O–H groups in total. The molecular weight excluding hydrogens is 276 g/mol. The van der Waals surface area contributed by atoms with Gasteiger partial charge in [-0.3, -0.25) is 4.79 Å². The van der Waals surface area contributed by atoms with E-state index in [4.69, 9.17) is 4.74 Å². The lowest BCUT2D eigenvalue weighted by Gasteiger charge is -2.46. The SMILES string of the molecule is CC(C)(O)C[C@H]1CO[C@](C)(C2CCC3C(=O)CCC[C@@]32C)C1. The van der Waals surface area contributed by atoms with Crippen LogP contribution in [0.3, 0.4) is 0 Å². The lowest BCUT2D eigenvalue weighted by atomic mass is 9.60. The minimum absolute atomic E-state index is 0.114. The largest absolute Gasteiger partial charge is 0.390 e. The predicted octanol–water partition coefficient (Wildman–Crippen LogP) is 3.73. The van der Waals surface area contributed by atoms with Crippen molar-refractivity contribution in [2.75, 3.05) is 6.61 Å². The Morgan fingerprint density at radius 2 is 2.05 bits per heavy atom. The van der Waals surface area contributed by atoms with Crippen molar-refractivity contribution in [3.05, 3.63) is 0 Å². The van der Waals surface area contributed by atoms with Gasteiger partial charge in [0.25, 0.3) is 0 Å². The van der Waals surface area contributed by atoms with Gasteiger partial charge in [-0.2, -0.15) is 0 Å². The highest BCUT2D eigenvalue weighted by Gasteiger charge is 2.58. The highest BCUT2D eigenvalue weighted by atomic mass is 16.5. The van der Waals surface area contributed by atoms with Crippen LogP contribution in [-0.4, -0.2) is 28.7 Å². The normalized spacial score (nSPS) is 46.0.